The second kappa shape index (κ2) is 5.06. The first-order valence-electron chi connectivity index (χ1n) is 6.60. The van der Waals surface area contributed by atoms with Crippen molar-refractivity contribution in [2.45, 2.75) is 38.9 Å². The zero-order valence-corrected chi connectivity index (χ0v) is 13.3. The minimum absolute atomic E-state index is 0.365. The maximum Gasteiger partial charge on any atom is 0.496 e. The van der Waals surface area contributed by atoms with Crippen molar-refractivity contribution in [3.05, 3.63) is 34.4 Å². The third-order valence-electron chi connectivity index (χ3n) is 4.01. The van der Waals surface area contributed by atoms with E-state index < -0.39 is 18.3 Å². The Labute approximate surface area is 125 Å². The second-order valence-corrected chi connectivity index (χ2v) is 6.33. The summed E-state index contributed by atoms with van der Waals surface area (Å²) in [4.78, 5) is 0. The van der Waals surface area contributed by atoms with Gasteiger partial charge in [0.05, 0.1) is 21.9 Å². The van der Waals surface area contributed by atoms with Crippen LogP contribution in [0, 0.1) is 5.41 Å². The first kappa shape index (κ1) is 15.4. The van der Waals surface area contributed by atoms with Gasteiger partial charge in [0, 0.05) is 24.3 Å². The molecule has 0 amide bonds. The molecule has 0 atom stereocenters. The van der Waals surface area contributed by atoms with E-state index in [1.807, 2.05) is 27.7 Å². The van der Waals surface area contributed by atoms with Crippen molar-refractivity contribution in [1.82, 2.24) is 5.32 Å². The highest BCUT2D eigenvalue weighted by Gasteiger charge is 2.52. The fourth-order valence-corrected chi connectivity index (χ4v) is 2.36. The van der Waals surface area contributed by atoms with E-state index in [0.717, 1.165) is 5.47 Å². The van der Waals surface area contributed by atoms with Crippen LogP contribution in [-0.4, -0.2) is 31.1 Å². The molecule has 2 rings (SSSR count). The molecule has 0 bridgehead atoms. The predicted molar refractivity (Wildman–Crippen MR) is 83.0 cm³/mol. The van der Waals surface area contributed by atoms with E-state index in [-0.39, 0.29) is 0 Å². The van der Waals surface area contributed by atoms with Crippen molar-refractivity contribution in [3.8, 4) is 0 Å². The van der Waals surface area contributed by atoms with Crippen molar-refractivity contribution in [3.63, 3.8) is 0 Å². The maximum atomic E-state index is 7.90. The molecule has 4 nitrogen and oxygen atoms in total. The van der Waals surface area contributed by atoms with Gasteiger partial charge in [-0.05, 0) is 33.8 Å². The van der Waals surface area contributed by atoms with Crippen LogP contribution in [0.1, 0.15) is 27.7 Å². The van der Waals surface area contributed by atoms with Crippen molar-refractivity contribution in [1.29, 1.82) is 5.41 Å². The molecule has 1 aliphatic carbocycles. The lowest BCUT2D eigenvalue weighted by Crippen LogP contribution is -2.41. The summed E-state index contributed by atoms with van der Waals surface area (Å²) in [6.07, 6.45) is 5.20. The van der Waals surface area contributed by atoms with Crippen molar-refractivity contribution in [2.24, 2.45) is 0 Å². The molecule has 1 aliphatic heterocycles. The molecule has 6 heteroatoms. The van der Waals surface area contributed by atoms with Crippen LogP contribution in [0.15, 0.2) is 34.4 Å². The van der Waals surface area contributed by atoms with Gasteiger partial charge in [-0.2, -0.15) is 0 Å². The summed E-state index contributed by atoms with van der Waals surface area (Å²) in [5, 5.41) is 11.3. The molecular weight excluding hydrogens is 274 g/mol. The lowest BCUT2D eigenvalue weighted by molar-refractivity contribution is 0.00578. The van der Waals surface area contributed by atoms with Crippen LogP contribution in [0.2, 0.25) is 0 Å². The summed E-state index contributed by atoms with van der Waals surface area (Å²) < 4.78 is 12.0. The quantitative estimate of drug-likeness (QED) is 0.770. The van der Waals surface area contributed by atoms with Gasteiger partial charge in [-0.15, -0.1) is 0 Å². The summed E-state index contributed by atoms with van der Waals surface area (Å²) in [6.45, 7) is 8.00. The van der Waals surface area contributed by atoms with Gasteiger partial charge in [-0.25, -0.2) is 0 Å². The molecule has 0 unspecified atom stereocenters. The van der Waals surface area contributed by atoms with Crippen LogP contribution in [-0.2, 0) is 9.31 Å². The Balaban J connectivity index is 2.37. The molecular formula is C14H20BClN2O2. The van der Waals surface area contributed by atoms with Gasteiger partial charge in [0.2, 0.25) is 0 Å². The molecule has 2 N–H and O–H groups in total. The normalized spacial score (nSPS) is 26.6. The molecule has 0 radical (unpaired) electrons. The van der Waals surface area contributed by atoms with Gasteiger partial charge < -0.3 is 20.0 Å². The minimum Gasteiger partial charge on any atom is -0.399 e. The molecule has 0 spiro atoms. The summed E-state index contributed by atoms with van der Waals surface area (Å²) >= 11 is 6.41. The van der Waals surface area contributed by atoms with E-state index in [1.165, 1.54) is 0 Å². The maximum absolute atomic E-state index is 7.90. The number of nitrogens with one attached hydrogen (secondary N) is 2. The monoisotopic (exact) mass is 294 g/mol. The topological polar surface area (TPSA) is 54.3 Å². The molecule has 1 heterocycles. The summed E-state index contributed by atoms with van der Waals surface area (Å²) in [5.41, 5.74) is 0.940. The zero-order chi connectivity index (χ0) is 15.1. The van der Waals surface area contributed by atoms with E-state index >= 15 is 0 Å². The van der Waals surface area contributed by atoms with Crippen LogP contribution in [0.5, 0.6) is 0 Å². The first-order chi connectivity index (χ1) is 9.19. The fraction of sp³-hybridized carbons (Fsp3) is 0.500. The number of hydrogen-bond acceptors (Lipinski definition) is 4. The number of halogens is 1. The first-order valence-corrected chi connectivity index (χ1v) is 6.97. The molecule has 108 valence electrons. The Morgan fingerprint density at radius 1 is 1.20 bits per heavy atom. The largest absolute Gasteiger partial charge is 0.496 e. The lowest BCUT2D eigenvalue weighted by Gasteiger charge is -2.32. The molecule has 1 saturated heterocycles. The Bertz CT molecular complexity index is 519. The number of rotatable bonds is 2. The average molecular weight is 295 g/mol. The van der Waals surface area contributed by atoms with Crippen molar-refractivity contribution in [2.75, 3.05) is 7.05 Å². The predicted octanol–water partition coefficient (Wildman–Crippen LogP) is 2.80. The van der Waals surface area contributed by atoms with Gasteiger partial charge in [-0.3, -0.25) is 0 Å². The van der Waals surface area contributed by atoms with Crippen LogP contribution in [0.25, 0.3) is 0 Å². The van der Waals surface area contributed by atoms with Gasteiger partial charge >= 0.3 is 7.12 Å². The molecule has 1 fully saturated rings. The van der Waals surface area contributed by atoms with E-state index in [1.54, 1.807) is 25.4 Å². The smallest absolute Gasteiger partial charge is 0.399 e. The average Bonchev–Trinajstić information content (AvgIpc) is 2.53. The summed E-state index contributed by atoms with van der Waals surface area (Å²) in [6, 6.07) is 0. The van der Waals surface area contributed by atoms with Gasteiger partial charge in [0.1, 0.15) is 0 Å². The molecule has 0 aromatic heterocycles. The Morgan fingerprint density at radius 3 is 2.25 bits per heavy atom. The van der Waals surface area contributed by atoms with Crippen LogP contribution in [0.3, 0.4) is 0 Å². The number of allylic oxidation sites excluding steroid dienone is 5. The van der Waals surface area contributed by atoms with Crippen molar-refractivity contribution < 1.29 is 9.31 Å². The SMILES string of the molecule is CN/C=C1\C(=N)C=CC(B2OC(C)(C)C(C)(C)O2)=C1Cl. The third-order valence-corrected chi connectivity index (χ3v) is 4.43. The molecule has 2 aliphatic rings. The second-order valence-electron chi connectivity index (χ2n) is 5.95. The van der Waals surface area contributed by atoms with Gasteiger partial charge in [-0.1, -0.05) is 17.7 Å². The number of hydrogen-bond donors (Lipinski definition) is 2. The highest BCUT2D eigenvalue weighted by atomic mass is 35.5. The van der Waals surface area contributed by atoms with Gasteiger partial charge in [0.15, 0.2) is 0 Å². The van der Waals surface area contributed by atoms with E-state index in [4.69, 9.17) is 26.3 Å². The van der Waals surface area contributed by atoms with Crippen molar-refractivity contribution >= 4 is 24.4 Å². The van der Waals surface area contributed by atoms with Crippen LogP contribution in [0.4, 0.5) is 0 Å². The highest BCUT2D eigenvalue weighted by molar-refractivity contribution is 6.59. The van der Waals surface area contributed by atoms with E-state index in [2.05, 4.69) is 5.32 Å². The fourth-order valence-electron chi connectivity index (χ4n) is 2.05. The van der Waals surface area contributed by atoms with Crippen LogP contribution >= 0.6 is 11.6 Å². The summed E-state index contributed by atoms with van der Waals surface area (Å²) in [7, 11) is 1.26. The Morgan fingerprint density at radius 2 is 1.75 bits per heavy atom. The standard InChI is InChI=1S/C14H20BClN2O2/c1-13(2)14(3,4)20-15(19-13)10-6-7-11(17)9(8-18-5)12(10)16/h6-8,17-18H,1-5H3/b9-8+,17-11?. The third kappa shape index (κ3) is 2.46. The van der Waals surface area contributed by atoms with E-state index in [9.17, 15) is 0 Å². The Hall–Kier alpha value is -1.04. The van der Waals surface area contributed by atoms with Gasteiger partial charge in [0.25, 0.3) is 0 Å². The minimum atomic E-state index is -0.517. The molecule has 0 aromatic rings. The molecule has 20 heavy (non-hydrogen) atoms. The molecule has 0 aromatic carbocycles. The molecule has 0 saturated carbocycles. The van der Waals surface area contributed by atoms with E-state index in [0.29, 0.717) is 16.3 Å². The highest BCUT2D eigenvalue weighted by Crippen LogP contribution is 2.41. The lowest BCUT2D eigenvalue weighted by atomic mass is 9.74. The Kier molecular flexibility index (Phi) is 3.89. The van der Waals surface area contributed by atoms with Crippen LogP contribution < -0.4 is 5.32 Å². The summed E-state index contributed by atoms with van der Waals surface area (Å²) in [5.74, 6) is 0. The zero-order valence-electron chi connectivity index (χ0n) is 12.5.